The van der Waals surface area contributed by atoms with E-state index >= 15 is 0 Å². The molecule has 1 atom stereocenters. The van der Waals surface area contributed by atoms with Crippen molar-refractivity contribution in [3.8, 4) is 11.8 Å². The zero-order valence-electron chi connectivity index (χ0n) is 11.2. The smallest absolute Gasteiger partial charge is 0.0793 e. The first-order valence-electron chi connectivity index (χ1n) is 6.61. The van der Waals surface area contributed by atoms with Crippen LogP contribution < -0.4 is 0 Å². The Kier molecular flexibility index (Phi) is 6.91. The van der Waals surface area contributed by atoms with Crippen molar-refractivity contribution in [2.75, 3.05) is 0 Å². The summed E-state index contributed by atoms with van der Waals surface area (Å²) in [6, 6.07) is 8.07. The standard InChI is InChI=1S/C17H22O/c1-3-5-7-8-10-15-11-9-12-16(14-15)17(18)13-6-4-2/h4,9,11-12,14,17-18H,2-3,5-6,10,13H2,1H3. The highest BCUT2D eigenvalue weighted by Crippen LogP contribution is 2.19. The van der Waals surface area contributed by atoms with Gasteiger partial charge in [0.1, 0.15) is 0 Å². The molecule has 0 aliphatic carbocycles. The number of unbranched alkanes of at least 4 members (excludes halogenated alkanes) is 1. The minimum absolute atomic E-state index is 0.397. The van der Waals surface area contributed by atoms with Crippen LogP contribution in [-0.2, 0) is 6.42 Å². The summed E-state index contributed by atoms with van der Waals surface area (Å²) in [5.74, 6) is 6.30. The van der Waals surface area contributed by atoms with Crippen LogP contribution in [0.2, 0.25) is 0 Å². The summed E-state index contributed by atoms with van der Waals surface area (Å²) < 4.78 is 0. The van der Waals surface area contributed by atoms with Gasteiger partial charge in [0.15, 0.2) is 0 Å². The first-order valence-corrected chi connectivity index (χ1v) is 6.61. The third-order valence-electron chi connectivity index (χ3n) is 2.77. The van der Waals surface area contributed by atoms with Gasteiger partial charge in [-0.05, 0) is 30.4 Å². The van der Waals surface area contributed by atoms with Gasteiger partial charge in [-0.2, -0.15) is 0 Å². The summed E-state index contributed by atoms with van der Waals surface area (Å²) in [4.78, 5) is 0. The third kappa shape index (κ3) is 5.21. The van der Waals surface area contributed by atoms with Gasteiger partial charge in [-0.15, -0.1) is 12.5 Å². The first-order chi connectivity index (χ1) is 8.77. The Morgan fingerprint density at radius 3 is 2.94 bits per heavy atom. The molecule has 1 nitrogen and oxygen atoms in total. The van der Waals surface area contributed by atoms with Crippen molar-refractivity contribution in [2.24, 2.45) is 0 Å². The molecule has 0 aliphatic rings. The molecular formula is C17H22O. The average molecular weight is 242 g/mol. The Morgan fingerprint density at radius 2 is 2.22 bits per heavy atom. The molecule has 0 fully saturated rings. The van der Waals surface area contributed by atoms with Crippen LogP contribution in [0.3, 0.4) is 0 Å². The molecule has 1 rings (SSSR count). The van der Waals surface area contributed by atoms with Crippen molar-refractivity contribution in [2.45, 2.75) is 45.1 Å². The quantitative estimate of drug-likeness (QED) is 0.590. The molecule has 96 valence electrons. The van der Waals surface area contributed by atoms with E-state index in [1.165, 1.54) is 5.56 Å². The van der Waals surface area contributed by atoms with E-state index in [0.717, 1.165) is 37.7 Å². The number of hydrogen-bond donors (Lipinski definition) is 1. The van der Waals surface area contributed by atoms with Gasteiger partial charge in [-0.25, -0.2) is 0 Å². The van der Waals surface area contributed by atoms with Crippen molar-refractivity contribution in [1.29, 1.82) is 0 Å². The number of hydrogen-bond acceptors (Lipinski definition) is 1. The lowest BCUT2D eigenvalue weighted by atomic mass is 10.0. The topological polar surface area (TPSA) is 20.2 Å². The van der Waals surface area contributed by atoms with E-state index in [0.29, 0.717) is 0 Å². The first kappa shape index (κ1) is 14.5. The third-order valence-corrected chi connectivity index (χ3v) is 2.77. The lowest BCUT2D eigenvalue weighted by Crippen LogP contribution is -1.97. The molecule has 1 aromatic rings. The molecule has 1 N–H and O–H groups in total. The predicted molar refractivity (Wildman–Crippen MR) is 77.2 cm³/mol. The molecule has 0 bridgehead atoms. The molecule has 0 heterocycles. The maximum absolute atomic E-state index is 10.0. The lowest BCUT2D eigenvalue weighted by Gasteiger charge is -2.10. The Hall–Kier alpha value is -1.52. The fourth-order valence-corrected chi connectivity index (χ4v) is 1.73. The summed E-state index contributed by atoms with van der Waals surface area (Å²) >= 11 is 0. The van der Waals surface area contributed by atoms with Gasteiger partial charge in [0.25, 0.3) is 0 Å². The molecule has 0 saturated heterocycles. The number of aliphatic hydroxyl groups is 1. The van der Waals surface area contributed by atoms with Gasteiger partial charge in [0.2, 0.25) is 0 Å². The minimum Gasteiger partial charge on any atom is -0.388 e. The number of benzene rings is 1. The second-order valence-corrected chi connectivity index (χ2v) is 4.41. The Bertz CT molecular complexity index is 423. The average Bonchev–Trinajstić information content (AvgIpc) is 2.41. The van der Waals surface area contributed by atoms with E-state index in [1.807, 2.05) is 24.3 Å². The van der Waals surface area contributed by atoms with Gasteiger partial charge < -0.3 is 5.11 Å². The van der Waals surface area contributed by atoms with Crippen LogP contribution in [0.25, 0.3) is 0 Å². The molecule has 1 heteroatoms. The molecule has 18 heavy (non-hydrogen) atoms. The molecule has 0 saturated carbocycles. The maximum atomic E-state index is 10.0. The van der Waals surface area contributed by atoms with Crippen LogP contribution >= 0.6 is 0 Å². The fraction of sp³-hybridized carbons (Fsp3) is 0.412. The monoisotopic (exact) mass is 242 g/mol. The van der Waals surface area contributed by atoms with Crippen LogP contribution in [0, 0.1) is 11.8 Å². The Morgan fingerprint density at radius 1 is 1.39 bits per heavy atom. The van der Waals surface area contributed by atoms with Crippen molar-refractivity contribution >= 4 is 0 Å². The maximum Gasteiger partial charge on any atom is 0.0793 e. The number of rotatable bonds is 6. The second kappa shape index (κ2) is 8.55. The number of allylic oxidation sites excluding steroid dienone is 1. The summed E-state index contributed by atoms with van der Waals surface area (Å²) in [6.07, 6.45) is 5.84. The van der Waals surface area contributed by atoms with Crippen LogP contribution in [0.15, 0.2) is 36.9 Å². The number of aliphatic hydroxyl groups excluding tert-OH is 1. The SMILES string of the molecule is C=CCCC(O)c1cccc(CC#CCCC)c1. The van der Waals surface area contributed by atoms with Gasteiger partial charge in [-0.3, -0.25) is 0 Å². The molecule has 0 aliphatic heterocycles. The van der Waals surface area contributed by atoms with Gasteiger partial charge in [0.05, 0.1) is 6.10 Å². The van der Waals surface area contributed by atoms with Crippen LogP contribution in [-0.4, -0.2) is 5.11 Å². The molecule has 0 radical (unpaired) electrons. The highest BCUT2D eigenvalue weighted by Gasteiger charge is 2.06. The van der Waals surface area contributed by atoms with Crippen molar-refractivity contribution < 1.29 is 5.11 Å². The van der Waals surface area contributed by atoms with Crippen LogP contribution in [0.5, 0.6) is 0 Å². The lowest BCUT2D eigenvalue weighted by molar-refractivity contribution is 0.168. The zero-order chi connectivity index (χ0) is 13.2. The minimum atomic E-state index is -0.397. The van der Waals surface area contributed by atoms with Gasteiger partial charge >= 0.3 is 0 Å². The predicted octanol–water partition coefficient (Wildman–Crippen LogP) is 4.03. The largest absolute Gasteiger partial charge is 0.388 e. The van der Waals surface area contributed by atoms with Crippen molar-refractivity contribution in [3.05, 3.63) is 48.0 Å². The Labute approximate surface area is 111 Å². The van der Waals surface area contributed by atoms with Gasteiger partial charge in [-0.1, -0.05) is 43.2 Å². The van der Waals surface area contributed by atoms with E-state index in [4.69, 9.17) is 0 Å². The van der Waals surface area contributed by atoms with Crippen LogP contribution in [0.1, 0.15) is 49.8 Å². The summed E-state index contributed by atoms with van der Waals surface area (Å²) in [5.41, 5.74) is 2.15. The normalized spacial score (nSPS) is 11.4. The molecule has 0 aromatic heterocycles. The molecule has 1 unspecified atom stereocenters. The van der Waals surface area contributed by atoms with Crippen LogP contribution in [0.4, 0.5) is 0 Å². The van der Waals surface area contributed by atoms with E-state index in [-0.39, 0.29) is 0 Å². The summed E-state index contributed by atoms with van der Waals surface area (Å²) in [7, 11) is 0. The van der Waals surface area contributed by atoms with Gasteiger partial charge in [0, 0.05) is 12.8 Å². The fourth-order valence-electron chi connectivity index (χ4n) is 1.73. The van der Waals surface area contributed by atoms with E-state index in [2.05, 4.69) is 31.4 Å². The van der Waals surface area contributed by atoms with E-state index in [1.54, 1.807) is 0 Å². The van der Waals surface area contributed by atoms with E-state index in [9.17, 15) is 5.11 Å². The Balaban J connectivity index is 2.61. The molecule has 0 amide bonds. The summed E-state index contributed by atoms with van der Waals surface area (Å²) in [5, 5.41) is 10.0. The second-order valence-electron chi connectivity index (χ2n) is 4.41. The zero-order valence-corrected chi connectivity index (χ0v) is 11.2. The summed E-state index contributed by atoms with van der Waals surface area (Å²) in [6.45, 7) is 5.80. The van der Waals surface area contributed by atoms with Crippen molar-refractivity contribution in [1.82, 2.24) is 0 Å². The van der Waals surface area contributed by atoms with Crippen molar-refractivity contribution in [3.63, 3.8) is 0 Å². The molecular weight excluding hydrogens is 220 g/mol. The highest BCUT2D eigenvalue weighted by atomic mass is 16.3. The van der Waals surface area contributed by atoms with E-state index < -0.39 is 6.10 Å². The molecule has 1 aromatic carbocycles. The molecule has 0 spiro atoms. The highest BCUT2D eigenvalue weighted by molar-refractivity contribution is 5.28.